The smallest absolute Gasteiger partial charge is 0.336 e. The summed E-state index contributed by atoms with van der Waals surface area (Å²) in [5.74, 6) is -0.190. The third-order valence-corrected chi connectivity index (χ3v) is 2.01. The van der Waals surface area contributed by atoms with Gasteiger partial charge in [-0.25, -0.2) is 4.79 Å². The number of rotatable bonds is 1. The van der Waals surface area contributed by atoms with Gasteiger partial charge in [0.05, 0.1) is 5.56 Å². The van der Waals surface area contributed by atoms with Gasteiger partial charge in [-0.1, -0.05) is 6.07 Å². The van der Waals surface area contributed by atoms with Crippen LogP contribution >= 0.6 is 0 Å². The first-order valence-electron chi connectivity index (χ1n) is 3.73. The second kappa shape index (κ2) is 2.24. The Kier molecular flexibility index (Phi) is 1.33. The Bertz CT molecular complexity index is 344. The summed E-state index contributed by atoms with van der Waals surface area (Å²) >= 11 is 0. The first-order valence-corrected chi connectivity index (χ1v) is 3.73. The maximum atomic E-state index is 10.7. The Balaban J connectivity index is 2.56. The topological polar surface area (TPSA) is 46.5 Å². The molecule has 1 unspecified atom stereocenters. The van der Waals surface area contributed by atoms with E-state index in [0.717, 1.165) is 5.56 Å². The Morgan fingerprint density at radius 3 is 2.83 bits per heavy atom. The molecule has 0 aliphatic carbocycles. The molecule has 62 valence electrons. The fourth-order valence-corrected chi connectivity index (χ4v) is 1.44. The lowest BCUT2D eigenvalue weighted by atomic mass is 9.98. The molecule has 0 fully saturated rings. The normalized spacial score (nSPS) is 18.9. The zero-order valence-electron chi connectivity index (χ0n) is 6.57. The predicted molar refractivity (Wildman–Crippen MR) is 42.4 cm³/mol. The average molecular weight is 164 g/mol. The summed E-state index contributed by atoms with van der Waals surface area (Å²) in [6, 6.07) is 5.07. The van der Waals surface area contributed by atoms with Crippen molar-refractivity contribution in [2.75, 3.05) is 0 Å². The molecule has 0 amide bonds. The predicted octanol–water partition coefficient (Wildman–Crippen LogP) is 1.84. The lowest BCUT2D eigenvalue weighted by Gasteiger charge is -2.29. The molecule has 3 heteroatoms. The van der Waals surface area contributed by atoms with Gasteiger partial charge >= 0.3 is 5.97 Å². The van der Waals surface area contributed by atoms with Crippen molar-refractivity contribution in [2.45, 2.75) is 13.0 Å². The third kappa shape index (κ3) is 0.794. The van der Waals surface area contributed by atoms with Gasteiger partial charge in [-0.05, 0) is 19.1 Å². The van der Waals surface area contributed by atoms with E-state index in [9.17, 15) is 4.79 Å². The highest BCUT2D eigenvalue weighted by Gasteiger charge is 2.29. The molecule has 1 heterocycles. The highest BCUT2D eigenvalue weighted by Crippen LogP contribution is 2.40. The van der Waals surface area contributed by atoms with Crippen molar-refractivity contribution < 1.29 is 14.6 Å². The van der Waals surface area contributed by atoms with Crippen LogP contribution in [0, 0.1) is 0 Å². The summed E-state index contributed by atoms with van der Waals surface area (Å²) in [4.78, 5) is 10.7. The number of ether oxygens (including phenoxy) is 1. The van der Waals surface area contributed by atoms with Gasteiger partial charge in [-0.3, -0.25) is 0 Å². The van der Waals surface area contributed by atoms with Gasteiger partial charge in [0.1, 0.15) is 11.9 Å². The van der Waals surface area contributed by atoms with E-state index in [1.165, 1.54) is 0 Å². The first-order chi connectivity index (χ1) is 5.70. The Morgan fingerprint density at radius 2 is 2.33 bits per heavy atom. The molecule has 0 radical (unpaired) electrons. The lowest BCUT2D eigenvalue weighted by molar-refractivity contribution is 0.0682. The minimum absolute atomic E-state index is 0.0766. The summed E-state index contributed by atoms with van der Waals surface area (Å²) in [5, 5.41) is 8.79. The molecule has 0 aromatic heterocycles. The summed E-state index contributed by atoms with van der Waals surface area (Å²) in [5.41, 5.74) is 1.16. The summed E-state index contributed by atoms with van der Waals surface area (Å²) < 4.78 is 5.21. The maximum absolute atomic E-state index is 10.7. The maximum Gasteiger partial charge on any atom is 0.336 e. The lowest BCUT2D eigenvalue weighted by Crippen LogP contribution is -2.20. The molecule has 12 heavy (non-hydrogen) atoms. The van der Waals surface area contributed by atoms with Crippen LogP contribution in [0.25, 0.3) is 0 Å². The second-order valence-corrected chi connectivity index (χ2v) is 2.78. The van der Waals surface area contributed by atoms with E-state index >= 15 is 0 Å². The largest absolute Gasteiger partial charge is 0.485 e. The van der Waals surface area contributed by atoms with Crippen molar-refractivity contribution >= 4 is 5.97 Å². The number of fused-ring (bicyclic) bond motifs is 1. The van der Waals surface area contributed by atoms with Gasteiger partial charge < -0.3 is 9.84 Å². The van der Waals surface area contributed by atoms with Crippen molar-refractivity contribution in [3.8, 4) is 5.75 Å². The van der Waals surface area contributed by atoms with Crippen LogP contribution in [0.1, 0.15) is 28.9 Å². The highest BCUT2D eigenvalue weighted by atomic mass is 16.5. The zero-order valence-corrected chi connectivity index (χ0v) is 6.57. The van der Waals surface area contributed by atoms with Gasteiger partial charge in [0.2, 0.25) is 0 Å². The van der Waals surface area contributed by atoms with Crippen LogP contribution in [-0.4, -0.2) is 11.1 Å². The van der Waals surface area contributed by atoms with Crippen molar-refractivity contribution in [1.29, 1.82) is 0 Å². The van der Waals surface area contributed by atoms with Crippen LogP contribution < -0.4 is 4.74 Å². The number of carboxylic acid groups (broad SMARTS) is 1. The van der Waals surface area contributed by atoms with Crippen LogP contribution in [0.2, 0.25) is 0 Å². The first kappa shape index (κ1) is 7.16. The van der Waals surface area contributed by atoms with Crippen molar-refractivity contribution in [3.05, 3.63) is 29.3 Å². The van der Waals surface area contributed by atoms with E-state index in [1.54, 1.807) is 18.2 Å². The molecule has 3 nitrogen and oxygen atoms in total. The summed E-state index contributed by atoms with van der Waals surface area (Å²) in [6.07, 6.45) is -0.0766. The van der Waals surface area contributed by atoms with Gasteiger partial charge in [-0.2, -0.15) is 0 Å². The minimum Gasteiger partial charge on any atom is -0.485 e. The number of benzene rings is 1. The van der Waals surface area contributed by atoms with Crippen molar-refractivity contribution in [1.82, 2.24) is 0 Å². The summed E-state index contributed by atoms with van der Waals surface area (Å²) in [7, 11) is 0. The molecule has 2 rings (SSSR count). The monoisotopic (exact) mass is 164 g/mol. The van der Waals surface area contributed by atoms with E-state index in [-0.39, 0.29) is 6.10 Å². The molecule has 1 N–H and O–H groups in total. The van der Waals surface area contributed by atoms with E-state index in [4.69, 9.17) is 9.84 Å². The Morgan fingerprint density at radius 1 is 1.58 bits per heavy atom. The molecular formula is C9H8O3. The van der Waals surface area contributed by atoms with E-state index in [1.807, 2.05) is 6.92 Å². The van der Waals surface area contributed by atoms with E-state index in [2.05, 4.69) is 0 Å². The number of hydrogen-bond donors (Lipinski definition) is 1. The number of hydrogen-bond acceptors (Lipinski definition) is 2. The number of aromatic carboxylic acids is 1. The van der Waals surface area contributed by atoms with Crippen LogP contribution in [0.5, 0.6) is 5.75 Å². The molecule has 1 aromatic rings. The highest BCUT2D eigenvalue weighted by molar-refractivity contribution is 5.91. The molecule has 1 aliphatic rings. The standard InChI is InChI=1S/C9H8O3/c1-5-8-6(9(10)11)3-2-4-7(8)12-5/h2-5H,1H3,(H,10,11). The van der Waals surface area contributed by atoms with Crippen molar-refractivity contribution in [3.63, 3.8) is 0 Å². The molecule has 0 saturated carbocycles. The Hall–Kier alpha value is -1.51. The third-order valence-electron chi connectivity index (χ3n) is 2.01. The van der Waals surface area contributed by atoms with Gasteiger partial charge in [0, 0.05) is 5.56 Å². The Labute approximate surface area is 69.6 Å². The zero-order chi connectivity index (χ0) is 8.72. The molecule has 1 aromatic carbocycles. The van der Waals surface area contributed by atoms with E-state index in [0.29, 0.717) is 11.3 Å². The second-order valence-electron chi connectivity index (χ2n) is 2.78. The van der Waals surface area contributed by atoms with Crippen molar-refractivity contribution in [2.24, 2.45) is 0 Å². The quantitative estimate of drug-likeness (QED) is 0.688. The fraction of sp³-hybridized carbons (Fsp3) is 0.222. The molecule has 0 bridgehead atoms. The minimum atomic E-state index is -0.887. The number of carboxylic acids is 1. The van der Waals surface area contributed by atoms with Gasteiger partial charge in [0.15, 0.2) is 0 Å². The molecule has 0 spiro atoms. The van der Waals surface area contributed by atoms with Crippen LogP contribution in [-0.2, 0) is 0 Å². The van der Waals surface area contributed by atoms with E-state index < -0.39 is 5.97 Å². The van der Waals surface area contributed by atoms with Crippen LogP contribution in [0.15, 0.2) is 18.2 Å². The molecule has 0 saturated heterocycles. The molecular weight excluding hydrogens is 156 g/mol. The molecule has 1 aliphatic heterocycles. The average Bonchev–Trinajstić information content (AvgIpc) is 2.01. The number of carbonyl (C=O) groups is 1. The SMILES string of the molecule is CC1Oc2cccc(C(=O)O)c21. The van der Waals surface area contributed by atoms with Gasteiger partial charge in [-0.15, -0.1) is 0 Å². The van der Waals surface area contributed by atoms with Crippen LogP contribution in [0.3, 0.4) is 0 Å². The molecule has 1 atom stereocenters. The summed E-state index contributed by atoms with van der Waals surface area (Å²) in [6.45, 7) is 1.84. The van der Waals surface area contributed by atoms with Crippen LogP contribution in [0.4, 0.5) is 0 Å². The van der Waals surface area contributed by atoms with Gasteiger partial charge in [0.25, 0.3) is 0 Å². The fourth-order valence-electron chi connectivity index (χ4n) is 1.44.